The van der Waals surface area contributed by atoms with Gasteiger partial charge in [-0.2, -0.15) is 11.8 Å². The van der Waals surface area contributed by atoms with Gasteiger partial charge in [-0.25, -0.2) is 0 Å². The summed E-state index contributed by atoms with van der Waals surface area (Å²) in [7, 11) is 0. The molecule has 5 heteroatoms. The largest absolute Gasteiger partial charge is 0.354 e. The Hall–Kier alpha value is -1.49. The number of benzene rings is 1. The Balaban J connectivity index is 2.19. The van der Waals surface area contributed by atoms with Crippen LogP contribution in [-0.4, -0.2) is 36.9 Å². The first kappa shape index (κ1) is 13.6. The van der Waals surface area contributed by atoms with Crippen molar-refractivity contribution in [3.05, 3.63) is 35.9 Å². The lowest BCUT2D eigenvalue weighted by molar-refractivity contribution is -0.118. The van der Waals surface area contributed by atoms with Gasteiger partial charge in [0.15, 0.2) is 0 Å². The van der Waals surface area contributed by atoms with Gasteiger partial charge in [-0.05, 0) is 18.4 Å². The molecule has 2 amide bonds. The van der Waals surface area contributed by atoms with Crippen LogP contribution in [0.4, 0.5) is 0 Å². The van der Waals surface area contributed by atoms with E-state index in [9.17, 15) is 9.59 Å². The van der Waals surface area contributed by atoms with E-state index >= 15 is 0 Å². The third kappa shape index (κ3) is 5.40. The minimum atomic E-state index is -0.121. The summed E-state index contributed by atoms with van der Waals surface area (Å²) in [6, 6.07) is 8.99. The molecule has 0 aliphatic carbocycles. The Morgan fingerprint density at radius 3 is 2.41 bits per heavy atom. The standard InChI is InChI=1S/C12H16N2O2S/c1-17-9-11(15)13-7-8-14-12(16)10-5-3-2-4-6-10/h2-6H,7-9H2,1H3,(H,13,15)(H,14,16). The lowest BCUT2D eigenvalue weighted by atomic mass is 10.2. The Labute approximate surface area is 105 Å². The first-order valence-corrected chi connectivity index (χ1v) is 6.72. The molecule has 2 N–H and O–H groups in total. The highest BCUT2D eigenvalue weighted by atomic mass is 32.2. The maximum Gasteiger partial charge on any atom is 0.251 e. The smallest absolute Gasteiger partial charge is 0.251 e. The van der Waals surface area contributed by atoms with Crippen molar-refractivity contribution in [2.45, 2.75) is 0 Å². The van der Waals surface area contributed by atoms with E-state index in [1.165, 1.54) is 11.8 Å². The van der Waals surface area contributed by atoms with Gasteiger partial charge in [0.1, 0.15) is 0 Å². The molecule has 0 saturated heterocycles. The van der Waals surface area contributed by atoms with Crippen LogP contribution in [0.25, 0.3) is 0 Å². The summed E-state index contributed by atoms with van der Waals surface area (Å²) in [4.78, 5) is 22.7. The summed E-state index contributed by atoms with van der Waals surface area (Å²) in [5.74, 6) is 0.322. The zero-order valence-corrected chi connectivity index (χ0v) is 10.5. The molecule has 0 spiro atoms. The first-order valence-electron chi connectivity index (χ1n) is 5.33. The molecule has 0 radical (unpaired) electrons. The molecule has 0 atom stereocenters. The predicted molar refractivity (Wildman–Crippen MR) is 70.2 cm³/mol. The van der Waals surface area contributed by atoms with Crippen molar-refractivity contribution < 1.29 is 9.59 Å². The van der Waals surface area contributed by atoms with Gasteiger partial charge in [0.25, 0.3) is 5.91 Å². The van der Waals surface area contributed by atoms with Gasteiger partial charge >= 0.3 is 0 Å². The van der Waals surface area contributed by atoms with Crippen LogP contribution < -0.4 is 10.6 Å². The van der Waals surface area contributed by atoms with E-state index in [0.717, 1.165) is 0 Å². The molecule has 17 heavy (non-hydrogen) atoms. The van der Waals surface area contributed by atoms with Gasteiger partial charge in [-0.15, -0.1) is 0 Å². The first-order chi connectivity index (χ1) is 8.24. The number of carbonyl (C=O) groups is 2. The van der Waals surface area contributed by atoms with E-state index in [-0.39, 0.29) is 11.8 Å². The lowest BCUT2D eigenvalue weighted by Gasteiger charge is -2.06. The highest BCUT2D eigenvalue weighted by molar-refractivity contribution is 7.99. The van der Waals surface area contributed by atoms with Gasteiger partial charge in [0.2, 0.25) is 5.91 Å². The van der Waals surface area contributed by atoms with Crippen molar-refractivity contribution in [1.82, 2.24) is 10.6 Å². The van der Waals surface area contributed by atoms with Gasteiger partial charge in [0, 0.05) is 18.7 Å². The SMILES string of the molecule is CSCC(=O)NCCNC(=O)c1ccccc1. The van der Waals surface area contributed by atoms with Crippen LogP contribution in [0.5, 0.6) is 0 Å². The average molecular weight is 252 g/mol. The van der Waals surface area contributed by atoms with Crippen molar-refractivity contribution in [3.63, 3.8) is 0 Å². The molecule has 0 aliphatic rings. The fourth-order valence-corrected chi connectivity index (χ4v) is 1.62. The summed E-state index contributed by atoms with van der Waals surface area (Å²) in [5.41, 5.74) is 0.628. The maximum absolute atomic E-state index is 11.6. The Bertz CT molecular complexity index is 368. The Kier molecular flexibility index (Phi) is 6.17. The third-order valence-corrected chi connectivity index (χ3v) is 2.59. The highest BCUT2D eigenvalue weighted by Crippen LogP contribution is 1.97. The zero-order chi connectivity index (χ0) is 12.5. The molecule has 0 bridgehead atoms. The van der Waals surface area contributed by atoms with E-state index in [4.69, 9.17) is 0 Å². The second kappa shape index (κ2) is 7.73. The second-order valence-corrected chi connectivity index (χ2v) is 4.27. The number of amides is 2. The molecular formula is C12H16N2O2S. The van der Waals surface area contributed by atoms with Crippen LogP contribution in [0.3, 0.4) is 0 Å². The lowest BCUT2D eigenvalue weighted by Crippen LogP contribution is -2.35. The van der Waals surface area contributed by atoms with Crippen LogP contribution in [0.1, 0.15) is 10.4 Å². The number of thioether (sulfide) groups is 1. The molecule has 1 aromatic carbocycles. The van der Waals surface area contributed by atoms with Gasteiger partial charge in [0.05, 0.1) is 5.75 Å². The zero-order valence-electron chi connectivity index (χ0n) is 9.73. The highest BCUT2D eigenvalue weighted by Gasteiger charge is 2.03. The fraction of sp³-hybridized carbons (Fsp3) is 0.333. The van der Waals surface area contributed by atoms with E-state index in [0.29, 0.717) is 24.4 Å². The molecule has 0 saturated carbocycles. The third-order valence-electron chi connectivity index (χ3n) is 2.04. The molecule has 4 nitrogen and oxygen atoms in total. The van der Waals surface area contributed by atoms with Gasteiger partial charge in [-0.3, -0.25) is 9.59 Å². The molecule has 1 rings (SSSR count). The van der Waals surface area contributed by atoms with Gasteiger partial charge < -0.3 is 10.6 Å². The van der Waals surface area contributed by atoms with Crippen molar-refractivity contribution in [2.75, 3.05) is 25.1 Å². The van der Waals surface area contributed by atoms with Gasteiger partial charge in [-0.1, -0.05) is 18.2 Å². The summed E-state index contributed by atoms with van der Waals surface area (Å²) in [6.07, 6.45) is 1.87. The molecular weight excluding hydrogens is 236 g/mol. The maximum atomic E-state index is 11.6. The van der Waals surface area contributed by atoms with E-state index in [1.54, 1.807) is 12.1 Å². The molecule has 0 heterocycles. The molecule has 92 valence electrons. The van der Waals surface area contributed by atoms with Crippen molar-refractivity contribution in [3.8, 4) is 0 Å². The van der Waals surface area contributed by atoms with Crippen molar-refractivity contribution in [2.24, 2.45) is 0 Å². The monoisotopic (exact) mass is 252 g/mol. The second-order valence-electron chi connectivity index (χ2n) is 3.40. The van der Waals surface area contributed by atoms with Crippen LogP contribution in [-0.2, 0) is 4.79 Å². The molecule has 0 fully saturated rings. The molecule has 1 aromatic rings. The van der Waals surface area contributed by atoms with Crippen LogP contribution in [0, 0.1) is 0 Å². The summed E-state index contributed by atoms with van der Waals surface area (Å²) in [6.45, 7) is 0.895. The summed E-state index contributed by atoms with van der Waals surface area (Å²) in [5, 5.41) is 5.45. The quantitative estimate of drug-likeness (QED) is 0.739. The van der Waals surface area contributed by atoms with E-state index in [1.807, 2.05) is 24.5 Å². The normalized spacial score (nSPS) is 9.71. The summed E-state index contributed by atoms with van der Waals surface area (Å²) >= 11 is 1.47. The van der Waals surface area contributed by atoms with Crippen LogP contribution in [0.15, 0.2) is 30.3 Å². The topological polar surface area (TPSA) is 58.2 Å². The average Bonchev–Trinajstić information content (AvgIpc) is 2.36. The molecule has 0 aliphatic heterocycles. The fourth-order valence-electron chi connectivity index (χ4n) is 1.25. The van der Waals surface area contributed by atoms with Crippen LogP contribution in [0.2, 0.25) is 0 Å². The number of hydrogen-bond donors (Lipinski definition) is 2. The summed E-state index contributed by atoms with van der Waals surface area (Å²) < 4.78 is 0. The van der Waals surface area contributed by atoms with E-state index in [2.05, 4.69) is 10.6 Å². The Morgan fingerprint density at radius 1 is 1.12 bits per heavy atom. The minimum absolute atomic E-state index is 0.00791. The minimum Gasteiger partial charge on any atom is -0.354 e. The number of nitrogens with one attached hydrogen (secondary N) is 2. The van der Waals surface area contributed by atoms with Crippen molar-refractivity contribution >= 4 is 23.6 Å². The van der Waals surface area contributed by atoms with Crippen molar-refractivity contribution in [1.29, 1.82) is 0 Å². The Morgan fingerprint density at radius 2 is 1.76 bits per heavy atom. The molecule has 0 unspecified atom stereocenters. The number of hydrogen-bond acceptors (Lipinski definition) is 3. The van der Waals surface area contributed by atoms with E-state index < -0.39 is 0 Å². The number of rotatable bonds is 6. The number of carbonyl (C=O) groups excluding carboxylic acids is 2. The molecule has 0 aromatic heterocycles. The van der Waals surface area contributed by atoms with Crippen LogP contribution >= 0.6 is 11.8 Å². The predicted octanol–water partition coefficient (Wildman–Crippen LogP) is 0.896.